The van der Waals surface area contributed by atoms with Crippen molar-refractivity contribution < 1.29 is 9.59 Å². The van der Waals surface area contributed by atoms with E-state index in [4.69, 9.17) is 69.6 Å². The maximum absolute atomic E-state index is 13.1. The lowest BCUT2D eigenvalue weighted by molar-refractivity contribution is -0.123. The summed E-state index contributed by atoms with van der Waals surface area (Å²) in [5.41, 5.74) is 1.40. The highest BCUT2D eigenvalue weighted by Crippen LogP contribution is 2.77. The van der Waals surface area contributed by atoms with Crippen LogP contribution in [0.25, 0.3) is 0 Å². The highest BCUT2D eigenvalue weighted by Gasteiger charge is 2.87. The van der Waals surface area contributed by atoms with Crippen molar-refractivity contribution in [3.8, 4) is 0 Å². The van der Waals surface area contributed by atoms with Gasteiger partial charge in [-0.2, -0.15) is 0 Å². The first-order chi connectivity index (χ1) is 11.5. The Hall–Kier alpha value is -0.160. The second-order valence-electron chi connectivity index (χ2n) is 6.43. The molecule has 2 fully saturated rings. The van der Waals surface area contributed by atoms with E-state index in [2.05, 4.69) is 0 Å². The molecule has 2 aliphatic carbocycles. The summed E-state index contributed by atoms with van der Waals surface area (Å²) in [5.74, 6) is -3.32. The quantitative estimate of drug-likeness (QED) is 0.440. The number of imide groups is 1. The van der Waals surface area contributed by atoms with Crippen molar-refractivity contribution in [2.45, 2.75) is 21.0 Å². The third-order valence-electron chi connectivity index (χ3n) is 5.20. The van der Waals surface area contributed by atoms with E-state index in [9.17, 15) is 9.59 Å². The van der Waals surface area contributed by atoms with Crippen molar-refractivity contribution in [2.24, 2.45) is 11.8 Å². The van der Waals surface area contributed by atoms with E-state index in [1.165, 1.54) is 0 Å². The molecule has 1 aromatic rings. The lowest BCUT2D eigenvalue weighted by Gasteiger charge is -2.34. The van der Waals surface area contributed by atoms with Gasteiger partial charge < -0.3 is 0 Å². The zero-order valence-corrected chi connectivity index (χ0v) is 17.0. The molecule has 9 heteroatoms. The number of anilines is 1. The van der Waals surface area contributed by atoms with E-state index >= 15 is 0 Å². The smallest absolute Gasteiger partial charge is 0.240 e. The van der Waals surface area contributed by atoms with Crippen LogP contribution in [0.3, 0.4) is 0 Å². The van der Waals surface area contributed by atoms with Crippen LogP contribution >= 0.6 is 69.6 Å². The fourth-order valence-electron chi connectivity index (χ4n) is 3.94. The van der Waals surface area contributed by atoms with Crippen LogP contribution in [-0.2, 0) is 9.59 Å². The zero-order valence-electron chi connectivity index (χ0n) is 12.5. The molecule has 0 radical (unpaired) electrons. The molecule has 0 spiro atoms. The van der Waals surface area contributed by atoms with Gasteiger partial charge in [-0.05, 0) is 19.1 Å². The van der Waals surface area contributed by atoms with Gasteiger partial charge in [0.2, 0.25) is 11.8 Å². The molecular weight excluding hydrogens is 451 g/mol. The Morgan fingerprint density at radius 3 is 1.64 bits per heavy atom. The van der Waals surface area contributed by atoms with E-state index < -0.39 is 37.7 Å². The molecule has 0 aromatic heterocycles. The number of carbonyl (C=O) groups is 2. The Morgan fingerprint density at radius 2 is 1.24 bits per heavy atom. The topological polar surface area (TPSA) is 37.4 Å². The number of hydrogen-bond donors (Lipinski definition) is 0. The van der Waals surface area contributed by atoms with Gasteiger partial charge in [-0.3, -0.25) is 9.59 Å². The number of benzene rings is 1. The maximum atomic E-state index is 13.1. The van der Waals surface area contributed by atoms with Crippen molar-refractivity contribution >= 4 is 87.1 Å². The summed E-state index contributed by atoms with van der Waals surface area (Å²) in [6.45, 7) is 1.90. The Kier molecular flexibility index (Phi) is 3.80. The summed E-state index contributed by atoms with van der Waals surface area (Å²) in [6, 6.07) is 6.91. The van der Waals surface area contributed by atoms with Crippen molar-refractivity contribution in [2.75, 3.05) is 4.90 Å². The summed E-state index contributed by atoms with van der Waals surface area (Å²) < 4.78 is -1.91. The molecule has 1 aliphatic heterocycles. The van der Waals surface area contributed by atoms with E-state index in [1.54, 1.807) is 24.3 Å². The molecule has 1 aromatic carbocycles. The first kappa shape index (κ1) is 18.2. The van der Waals surface area contributed by atoms with E-state index in [-0.39, 0.29) is 10.1 Å². The second kappa shape index (κ2) is 5.21. The van der Waals surface area contributed by atoms with Crippen molar-refractivity contribution in [1.82, 2.24) is 0 Å². The van der Waals surface area contributed by atoms with E-state index in [0.29, 0.717) is 5.69 Å². The molecule has 4 rings (SSSR count). The van der Waals surface area contributed by atoms with Gasteiger partial charge in [0.25, 0.3) is 0 Å². The molecule has 1 saturated carbocycles. The number of halogens is 6. The minimum absolute atomic E-state index is 0.0935. The predicted octanol–water partition coefficient (Wildman–Crippen LogP) is 4.95. The number of allylic oxidation sites excluding steroid dienone is 2. The highest BCUT2D eigenvalue weighted by atomic mass is 35.5. The van der Waals surface area contributed by atoms with Crippen LogP contribution in [0.1, 0.15) is 5.56 Å². The number of rotatable bonds is 1. The summed E-state index contributed by atoms with van der Waals surface area (Å²) in [4.78, 5) is 23.7. The number of alkyl halides is 4. The van der Waals surface area contributed by atoms with Gasteiger partial charge in [0.15, 0.2) is 4.33 Å². The van der Waals surface area contributed by atoms with Crippen LogP contribution < -0.4 is 4.90 Å². The molecule has 0 N–H and O–H groups in total. The molecule has 3 aliphatic rings. The van der Waals surface area contributed by atoms with Gasteiger partial charge in [0, 0.05) is 0 Å². The molecule has 3 nitrogen and oxygen atoms in total. The number of nitrogens with zero attached hydrogens (tertiary/aromatic N) is 1. The van der Waals surface area contributed by atoms with Gasteiger partial charge in [0.05, 0.1) is 27.6 Å². The lowest BCUT2D eigenvalue weighted by atomic mass is 9.84. The van der Waals surface area contributed by atoms with Crippen LogP contribution in [0, 0.1) is 18.8 Å². The standard InChI is InChI=1S/C16H9Cl6NO2/c1-6-2-4-7(5-3-6)23-12(24)8-9(13(23)25)15(20)11(18)10(17)14(8,19)16(15,21)22/h2-5,8-9H,1H3/t8-,9-,14+,15+/m1/s1. The van der Waals surface area contributed by atoms with Crippen LogP contribution in [0.4, 0.5) is 5.69 Å². The average molecular weight is 460 g/mol. The molecule has 1 saturated heterocycles. The van der Waals surface area contributed by atoms with Gasteiger partial charge in [0.1, 0.15) is 9.75 Å². The number of aryl methyl sites for hydroxylation is 1. The molecule has 2 amide bonds. The first-order valence-corrected chi connectivity index (χ1v) is 9.54. The average Bonchev–Trinajstić information content (AvgIpc) is 2.94. The molecule has 1 heterocycles. The number of hydrogen-bond acceptors (Lipinski definition) is 2. The summed E-state index contributed by atoms with van der Waals surface area (Å²) >= 11 is 38.6. The molecular formula is C16H9Cl6NO2. The number of carbonyl (C=O) groups excluding carboxylic acids is 2. The minimum Gasteiger partial charge on any atom is -0.274 e. The molecule has 132 valence electrons. The molecule has 4 atom stereocenters. The fraction of sp³-hybridized carbons (Fsp3) is 0.375. The van der Waals surface area contributed by atoms with Crippen LogP contribution in [0.15, 0.2) is 34.3 Å². The van der Waals surface area contributed by atoms with Crippen molar-refractivity contribution in [3.05, 3.63) is 39.9 Å². The zero-order chi connectivity index (χ0) is 18.5. The molecule has 2 bridgehead atoms. The van der Waals surface area contributed by atoms with E-state index in [1.807, 2.05) is 6.92 Å². The van der Waals surface area contributed by atoms with Gasteiger partial charge in [-0.25, -0.2) is 4.90 Å². The van der Waals surface area contributed by atoms with Crippen molar-refractivity contribution in [3.63, 3.8) is 0 Å². The predicted molar refractivity (Wildman–Crippen MR) is 101 cm³/mol. The van der Waals surface area contributed by atoms with E-state index in [0.717, 1.165) is 10.5 Å². The fourth-order valence-corrected chi connectivity index (χ4v) is 6.87. The third-order valence-corrected chi connectivity index (χ3v) is 9.46. The normalized spacial score (nSPS) is 38.8. The minimum atomic E-state index is -1.91. The van der Waals surface area contributed by atoms with Crippen molar-refractivity contribution in [1.29, 1.82) is 0 Å². The highest BCUT2D eigenvalue weighted by molar-refractivity contribution is 6.67. The van der Waals surface area contributed by atoms with Crippen LogP contribution in [0.5, 0.6) is 0 Å². The second-order valence-corrected chi connectivity index (χ2v) is 9.70. The number of amides is 2. The summed E-state index contributed by atoms with van der Waals surface area (Å²) in [7, 11) is 0. The lowest BCUT2D eigenvalue weighted by Crippen LogP contribution is -2.50. The first-order valence-electron chi connectivity index (χ1n) is 7.27. The molecule has 25 heavy (non-hydrogen) atoms. The largest absolute Gasteiger partial charge is 0.274 e. The van der Waals surface area contributed by atoms with Crippen LogP contribution in [-0.4, -0.2) is 25.9 Å². The van der Waals surface area contributed by atoms with Gasteiger partial charge in [-0.15, -0.1) is 23.2 Å². The van der Waals surface area contributed by atoms with Gasteiger partial charge in [-0.1, -0.05) is 64.1 Å². The van der Waals surface area contributed by atoms with Gasteiger partial charge >= 0.3 is 0 Å². The molecule has 0 unspecified atom stereocenters. The summed E-state index contributed by atoms with van der Waals surface area (Å²) in [6.07, 6.45) is 0. The monoisotopic (exact) mass is 457 g/mol. The Bertz CT molecular complexity index is 820. The Balaban J connectivity index is 1.90. The van der Waals surface area contributed by atoms with Crippen LogP contribution in [0.2, 0.25) is 0 Å². The number of fused-ring (bicyclic) bond motifs is 5. The SMILES string of the molecule is Cc1ccc(N2C(=O)[C@H]3[C@H](C2=O)[C@]2(Cl)C(Cl)=C(Cl)[C@]3(Cl)C2(Cl)Cl)cc1. The summed E-state index contributed by atoms with van der Waals surface area (Å²) in [5, 5.41) is -0.187. The Morgan fingerprint density at radius 1 is 0.840 bits per heavy atom. The maximum Gasteiger partial charge on any atom is 0.240 e. The Labute approximate surface area is 173 Å². The third kappa shape index (κ3) is 1.78.